The third-order valence-electron chi connectivity index (χ3n) is 10.9. The summed E-state index contributed by atoms with van der Waals surface area (Å²) in [6.07, 6.45) is 10.1. The van der Waals surface area contributed by atoms with Crippen molar-refractivity contribution in [3.8, 4) is 0 Å². The van der Waals surface area contributed by atoms with E-state index in [0.717, 1.165) is 19.3 Å². The molecule has 4 nitrogen and oxygen atoms in total. The van der Waals surface area contributed by atoms with Crippen LogP contribution >= 0.6 is 0 Å². The molecule has 0 aromatic carbocycles. The van der Waals surface area contributed by atoms with Crippen molar-refractivity contribution in [2.24, 2.45) is 33.5 Å². The number of carbonyl (C=O) groups excluding carboxylic acids is 2. The van der Waals surface area contributed by atoms with E-state index < -0.39 is 13.7 Å². The summed E-state index contributed by atoms with van der Waals surface area (Å²) < 4.78 is 12.8. The first-order valence-corrected chi connectivity index (χ1v) is 15.9. The molecule has 186 valence electrons. The van der Waals surface area contributed by atoms with Gasteiger partial charge in [-0.1, -0.05) is 60.1 Å². The summed E-state index contributed by atoms with van der Waals surface area (Å²) in [6.45, 7) is 20.4. The highest BCUT2D eigenvalue weighted by Gasteiger charge is 2.70. The second-order valence-electron chi connectivity index (χ2n) is 14.2. The maximum atomic E-state index is 13.9. The smallest absolute Gasteiger partial charge is 0.302 e. The first kappa shape index (κ1) is 25.2. The number of fused-ring (bicyclic) bond motifs is 3. The van der Waals surface area contributed by atoms with Gasteiger partial charge in [0, 0.05) is 18.8 Å². The van der Waals surface area contributed by atoms with E-state index >= 15 is 0 Å². The predicted molar refractivity (Wildman–Crippen MR) is 134 cm³/mol. The summed E-state index contributed by atoms with van der Waals surface area (Å²) >= 11 is 0. The van der Waals surface area contributed by atoms with Crippen LogP contribution < -0.4 is 0 Å². The number of ketones is 1. The van der Waals surface area contributed by atoms with Crippen molar-refractivity contribution in [3.63, 3.8) is 0 Å². The molecule has 0 amide bonds. The molecule has 3 saturated carbocycles. The van der Waals surface area contributed by atoms with E-state index in [2.05, 4.69) is 66.8 Å². The Balaban J connectivity index is 1.71. The summed E-state index contributed by atoms with van der Waals surface area (Å²) in [6, 6.07) is 0. The van der Waals surface area contributed by atoms with Gasteiger partial charge in [-0.25, -0.2) is 0 Å². The van der Waals surface area contributed by atoms with Crippen LogP contribution in [-0.4, -0.2) is 32.8 Å². The van der Waals surface area contributed by atoms with Gasteiger partial charge in [0.25, 0.3) is 0 Å². The lowest BCUT2D eigenvalue weighted by molar-refractivity contribution is -0.207. The van der Waals surface area contributed by atoms with Gasteiger partial charge in [0.05, 0.1) is 12.0 Å². The Labute approximate surface area is 202 Å². The van der Waals surface area contributed by atoms with Crippen molar-refractivity contribution in [1.29, 1.82) is 0 Å². The molecule has 4 rings (SSSR count). The molecule has 6 atom stereocenters. The Morgan fingerprint density at radius 2 is 1.79 bits per heavy atom. The zero-order valence-corrected chi connectivity index (χ0v) is 23.5. The fourth-order valence-corrected chi connectivity index (χ4v) is 9.00. The number of ether oxygens (including phenoxy) is 1. The van der Waals surface area contributed by atoms with Crippen molar-refractivity contribution in [3.05, 3.63) is 12.2 Å². The van der Waals surface area contributed by atoms with Crippen LogP contribution in [0.5, 0.6) is 0 Å². The van der Waals surface area contributed by atoms with Gasteiger partial charge >= 0.3 is 5.97 Å². The molecule has 1 spiro atoms. The molecule has 0 heterocycles. The van der Waals surface area contributed by atoms with Crippen LogP contribution in [0.1, 0.15) is 87.0 Å². The third kappa shape index (κ3) is 3.71. The van der Waals surface area contributed by atoms with Gasteiger partial charge < -0.3 is 9.16 Å². The summed E-state index contributed by atoms with van der Waals surface area (Å²) in [5, 5.41) is 0.101. The third-order valence-corrected chi connectivity index (χ3v) is 15.3. The van der Waals surface area contributed by atoms with Crippen LogP contribution in [-0.2, 0) is 18.8 Å². The van der Waals surface area contributed by atoms with Gasteiger partial charge in [0.1, 0.15) is 11.9 Å². The van der Waals surface area contributed by atoms with Crippen molar-refractivity contribution < 1.29 is 18.8 Å². The minimum Gasteiger partial charge on any atom is -0.462 e. The molecule has 0 saturated heterocycles. The molecule has 0 unspecified atom stereocenters. The van der Waals surface area contributed by atoms with E-state index in [1.807, 2.05) is 0 Å². The van der Waals surface area contributed by atoms with Gasteiger partial charge in [0.15, 0.2) is 8.32 Å². The summed E-state index contributed by atoms with van der Waals surface area (Å²) in [5.74, 6) is 0.810. The lowest BCUT2D eigenvalue weighted by Gasteiger charge is -2.65. The highest BCUT2D eigenvalue weighted by atomic mass is 28.4. The Kier molecular flexibility index (Phi) is 5.74. The Morgan fingerprint density at radius 1 is 1.12 bits per heavy atom. The minimum absolute atomic E-state index is 0.0924. The Morgan fingerprint density at radius 3 is 2.39 bits per heavy atom. The van der Waals surface area contributed by atoms with Crippen LogP contribution in [0.15, 0.2) is 12.2 Å². The van der Waals surface area contributed by atoms with Crippen molar-refractivity contribution >= 4 is 20.1 Å². The molecule has 0 aliphatic heterocycles. The normalized spacial score (nSPS) is 42.0. The number of esters is 1. The van der Waals surface area contributed by atoms with E-state index in [1.54, 1.807) is 0 Å². The summed E-state index contributed by atoms with van der Waals surface area (Å²) in [7, 11) is -1.99. The number of carbonyl (C=O) groups is 2. The summed E-state index contributed by atoms with van der Waals surface area (Å²) in [5.41, 5.74) is -0.541. The van der Waals surface area contributed by atoms with E-state index in [0.29, 0.717) is 24.7 Å². The minimum atomic E-state index is -1.99. The molecule has 4 aliphatic rings. The summed E-state index contributed by atoms with van der Waals surface area (Å²) in [4.78, 5) is 26.1. The van der Waals surface area contributed by atoms with E-state index in [9.17, 15) is 9.59 Å². The molecular weight excluding hydrogens is 428 g/mol. The molecular formula is C28H46O4Si. The average Bonchev–Trinajstić information content (AvgIpc) is 3.00. The van der Waals surface area contributed by atoms with Gasteiger partial charge in [-0.3, -0.25) is 9.59 Å². The molecule has 4 aliphatic carbocycles. The molecule has 0 N–H and O–H groups in total. The van der Waals surface area contributed by atoms with Gasteiger partial charge in [-0.15, -0.1) is 0 Å². The largest absolute Gasteiger partial charge is 0.462 e. The standard InChI is InChI=1S/C28H46O4Si/c1-19(29)32-23-16-20-25(5,6)11-10-12-26(20,7)21-15-22(30)27(13-14-28(21,23)17-27)18-31-33(8,9)24(2,3)4/h13-14,20-21,23H,10-12,15-18H2,1-9H3/t20-,21+,23+,26-,27-,28-/m1/s1. The lowest BCUT2D eigenvalue weighted by Crippen LogP contribution is -2.64. The van der Waals surface area contributed by atoms with Crippen molar-refractivity contribution in [1.82, 2.24) is 0 Å². The number of hydrogen-bond donors (Lipinski definition) is 0. The molecule has 2 bridgehead atoms. The van der Waals surface area contributed by atoms with E-state index in [-0.39, 0.29) is 39.3 Å². The van der Waals surface area contributed by atoms with Crippen molar-refractivity contribution in [2.75, 3.05) is 6.61 Å². The number of hydrogen-bond acceptors (Lipinski definition) is 4. The second-order valence-corrected chi connectivity index (χ2v) is 19.1. The van der Waals surface area contributed by atoms with E-state index in [4.69, 9.17) is 9.16 Å². The number of Topliss-reactive ketones (excluding diaryl/α,β-unsaturated/α-hetero) is 1. The number of rotatable bonds is 4. The zero-order chi connectivity index (χ0) is 24.7. The lowest BCUT2D eigenvalue weighted by atomic mass is 9.39. The maximum Gasteiger partial charge on any atom is 0.302 e. The highest BCUT2D eigenvalue weighted by molar-refractivity contribution is 6.74. The van der Waals surface area contributed by atoms with Gasteiger partial charge in [0.2, 0.25) is 0 Å². The molecule has 0 radical (unpaired) electrons. The molecule has 33 heavy (non-hydrogen) atoms. The Hall–Kier alpha value is -0.943. The Bertz CT molecular complexity index is 868. The average molecular weight is 475 g/mol. The fraction of sp³-hybridized carbons (Fsp3) is 0.857. The quantitative estimate of drug-likeness (QED) is 0.258. The molecule has 3 fully saturated rings. The van der Waals surface area contributed by atoms with Gasteiger partial charge in [-0.05, 0) is 66.5 Å². The van der Waals surface area contributed by atoms with Crippen LogP contribution in [0.3, 0.4) is 0 Å². The molecule has 5 heteroatoms. The first-order valence-electron chi connectivity index (χ1n) is 13.0. The highest BCUT2D eigenvalue weighted by Crippen LogP contribution is 2.71. The first-order chi connectivity index (χ1) is 15.0. The van der Waals surface area contributed by atoms with Crippen LogP contribution in [0.25, 0.3) is 0 Å². The van der Waals surface area contributed by atoms with Gasteiger partial charge in [-0.2, -0.15) is 0 Å². The van der Waals surface area contributed by atoms with Crippen LogP contribution in [0, 0.1) is 33.5 Å². The maximum absolute atomic E-state index is 13.9. The SMILES string of the molecule is CC(=O)O[C@H]1C[C@@H]2C(C)(C)CCC[C@@]2(C)[C@@H]2CC(=O)[C@]3(CO[Si](C)(C)C(C)(C)C)C=C[C@]12C3. The zero-order valence-electron chi connectivity index (χ0n) is 22.5. The van der Waals surface area contributed by atoms with E-state index in [1.165, 1.54) is 19.8 Å². The molecule has 0 aromatic heterocycles. The predicted octanol–water partition coefficient (Wildman–Crippen LogP) is 6.70. The van der Waals surface area contributed by atoms with Crippen LogP contribution in [0.4, 0.5) is 0 Å². The monoisotopic (exact) mass is 474 g/mol. The van der Waals surface area contributed by atoms with Crippen LogP contribution in [0.2, 0.25) is 18.1 Å². The fourth-order valence-electron chi connectivity index (χ4n) is 7.95. The second kappa shape index (κ2) is 7.53. The topological polar surface area (TPSA) is 52.6 Å². The molecule has 0 aromatic rings. The van der Waals surface area contributed by atoms with Crippen molar-refractivity contribution in [2.45, 2.75) is 111 Å².